The zero-order valence-electron chi connectivity index (χ0n) is 12.7. The van der Waals surface area contributed by atoms with Crippen LogP contribution in [0.15, 0.2) is 12.3 Å². The molecule has 1 N–H and O–H groups in total. The number of amides is 3. The van der Waals surface area contributed by atoms with Crippen molar-refractivity contribution in [2.24, 2.45) is 5.92 Å². The molecule has 0 saturated carbocycles. The number of nitrogens with one attached hydrogen (secondary N) is 1. The first-order chi connectivity index (χ1) is 9.95. The molecule has 2 unspecified atom stereocenters. The van der Waals surface area contributed by atoms with Crippen molar-refractivity contribution in [3.63, 3.8) is 0 Å². The molecule has 2 atom stereocenters. The van der Waals surface area contributed by atoms with Crippen molar-refractivity contribution in [3.05, 3.63) is 12.3 Å². The predicted octanol–water partition coefficient (Wildman–Crippen LogP) is 0.496. The van der Waals surface area contributed by atoms with Gasteiger partial charge >= 0.3 is 0 Å². The molecular formula is C15H23N3O3. The number of carbonyl (C=O) groups excluding carboxylic acids is 3. The summed E-state index contributed by atoms with van der Waals surface area (Å²) in [4.78, 5) is 39.6. The van der Waals surface area contributed by atoms with Crippen LogP contribution in [-0.2, 0) is 14.4 Å². The highest BCUT2D eigenvalue weighted by Crippen LogP contribution is 2.26. The van der Waals surface area contributed by atoms with Crippen molar-refractivity contribution < 1.29 is 14.4 Å². The standard InChI is InChI=1S/C15H23N3O3/c1-10-8-14(20)18(15(10)21)12(11(2)16-3)9-13(19)17-6-4-5-7-17/h10,12,16H,2,4-9H2,1,3H3. The van der Waals surface area contributed by atoms with Crippen LogP contribution in [0, 0.1) is 5.92 Å². The molecule has 2 aliphatic heterocycles. The maximum absolute atomic E-state index is 12.3. The second-order valence-corrected chi connectivity index (χ2v) is 5.79. The fraction of sp³-hybridized carbons (Fsp3) is 0.667. The fourth-order valence-electron chi connectivity index (χ4n) is 2.93. The van der Waals surface area contributed by atoms with Crippen LogP contribution in [0.5, 0.6) is 0 Å². The lowest BCUT2D eigenvalue weighted by atomic mass is 10.1. The van der Waals surface area contributed by atoms with E-state index >= 15 is 0 Å². The summed E-state index contributed by atoms with van der Waals surface area (Å²) in [6, 6.07) is -0.590. The van der Waals surface area contributed by atoms with Crippen LogP contribution in [0.3, 0.4) is 0 Å². The van der Waals surface area contributed by atoms with E-state index in [-0.39, 0.29) is 36.5 Å². The first-order valence-corrected chi connectivity index (χ1v) is 7.46. The zero-order chi connectivity index (χ0) is 15.6. The summed E-state index contributed by atoms with van der Waals surface area (Å²) < 4.78 is 0. The maximum atomic E-state index is 12.3. The Hall–Kier alpha value is -1.85. The van der Waals surface area contributed by atoms with E-state index in [9.17, 15) is 14.4 Å². The summed E-state index contributed by atoms with van der Waals surface area (Å²) in [5.41, 5.74) is 0.526. The van der Waals surface area contributed by atoms with E-state index in [1.54, 1.807) is 18.9 Å². The Morgan fingerprint density at radius 2 is 2.00 bits per heavy atom. The summed E-state index contributed by atoms with van der Waals surface area (Å²) in [7, 11) is 1.68. The number of hydrogen-bond donors (Lipinski definition) is 1. The molecule has 2 saturated heterocycles. The first kappa shape index (κ1) is 15.5. The lowest BCUT2D eigenvalue weighted by Crippen LogP contribution is -2.46. The van der Waals surface area contributed by atoms with Crippen molar-refractivity contribution in [1.82, 2.24) is 15.1 Å². The van der Waals surface area contributed by atoms with E-state index < -0.39 is 6.04 Å². The average Bonchev–Trinajstić information content (AvgIpc) is 3.06. The molecule has 3 amide bonds. The van der Waals surface area contributed by atoms with Crippen LogP contribution in [-0.4, -0.2) is 53.7 Å². The Morgan fingerprint density at radius 3 is 2.48 bits per heavy atom. The third kappa shape index (κ3) is 3.09. The summed E-state index contributed by atoms with van der Waals surface area (Å²) in [5.74, 6) is -0.764. The Labute approximate surface area is 125 Å². The first-order valence-electron chi connectivity index (χ1n) is 7.46. The Kier molecular flexibility index (Phi) is 4.65. The van der Waals surface area contributed by atoms with Gasteiger partial charge in [-0.2, -0.15) is 0 Å². The summed E-state index contributed by atoms with van der Waals surface area (Å²) >= 11 is 0. The van der Waals surface area contributed by atoms with Crippen molar-refractivity contribution in [2.75, 3.05) is 20.1 Å². The van der Waals surface area contributed by atoms with Gasteiger partial charge in [0, 0.05) is 38.2 Å². The van der Waals surface area contributed by atoms with Gasteiger partial charge in [0.15, 0.2) is 0 Å². The molecule has 0 radical (unpaired) electrons. The third-order valence-corrected chi connectivity index (χ3v) is 4.27. The van der Waals surface area contributed by atoms with Gasteiger partial charge in [0.1, 0.15) is 0 Å². The SMILES string of the molecule is C=C(NC)C(CC(=O)N1CCCC1)N1C(=O)CC(C)C1=O. The molecule has 2 aliphatic rings. The normalized spacial score (nSPS) is 23.6. The molecule has 6 heteroatoms. The molecular weight excluding hydrogens is 270 g/mol. The zero-order valence-corrected chi connectivity index (χ0v) is 12.7. The van der Waals surface area contributed by atoms with Crippen LogP contribution in [0.25, 0.3) is 0 Å². The largest absolute Gasteiger partial charge is 0.390 e. The minimum Gasteiger partial charge on any atom is -0.390 e. The third-order valence-electron chi connectivity index (χ3n) is 4.27. The van der Waals surface area contributed by atoms with E-state index in [0.29, 0.717) is 5.70 Å². The van der Waals surface area contributed by atoms with Gasteiger partial charge in [-0.3, -0.25) is 19.3 Å². The van der Waals surface area contributed by atoms with Crippen LogP contribution < -0.4 is 5.32 Å². The highest BCUT2D eigenvalue weighted by atomic mass is 16.2. The Balaban J connectivity index is 2.14. The van der Waals surface area contributed by atoms with Gasteiger partial charge in [0.05, 0.1) is 12.5 Å². The van der Waals surface area contributed by atoms with Gasteiger partial charge in [0.2, 0.25) is 17.7 Å². The quantitative estimate of drug-likeness (QED) is 0.749. The number of imide groups is 1. The predicted molar refractivity (Wildman–Crippen MR) is 78.1 cm³/mol. The van der Waals surface area contributed by atoms with Crippen molar-refractivity contribution in [1.29, 1.82) is 0 Å². The van der Waals surface area contributed by atoms with Crippen LogP contribution >= 0.6 is 0 Å². The van der Waals surface area contributed by atoms with Crippen molar-refractivity contribution >= 4 is 17.7 Å². The molecule has 2 rings (SSSR count). The summed E-state index contributed by atoms with van der Waals surface area (Å²) in [6.07, 6.45) is 2.36. The molecule has 116 valence electrons. The summed E-state index contributed by atoms with van der Waals surface area (Å²) in [5, 5.41) is 2.88. The van der Waals surface area contributed by atoms with Crippen LogP contribution in [0.2, 0.25) is 0 Å². The van der Waals surface area contributed by atoms with Crippen molar-refractivity contribution in [2.45, 2.75) is 38.6 Å². The van der Waals surface area contributed by atoms with E-state index in [2.05, 4.69) is 11.9 Å². The lowest BCUT2D eigenvalue weighted by Gasteiger charge is -2.29. The maximum Gasteiger partial charge on any atom is 0.233 e. The minimum atomic E-state index is -0.590. The molecule has 2 heterocycles. The molecule has 2 fully saturated rings. The molecule has 0 aromatic heterocycles. The summed E-state index contributed by atoms with van der Waals surface area (Å²) in [6.45, 7) is 7.12. The van der Waals surface area contributed by atoms with E-state index in [0.717, 1.165) is 25.9 Å². The average molecular weight is 293 g/mol. The molecule has 0 bridgehead atoms. The highest BCUT2D eigenvalue weighted by molar-refractivity contribution is 6.04. The fourth-order valence-corrected chi connectivity index (χ4v) is 2.93. The number of hydrogen-bond acceptors (Lipinski definition) is 4. The molecule has 0 aromatic rings. The molecule has 0 aromatic carbocycles. The van der Waals surface area contributed by atoms with E-state index in [4.69, 9.17) is 0 Å². The number of likely N-dealkylation sites (N-methyl/N-ethyl adjacent to an activating group) is 1. The highest BCUT2D eigenvalue weighted by Gasteiger charge is 2.42. The van der Waals surface area contributed by atoms with Gasteiger partial charge in [-0.25, -0.2) is 0 Å². The van der Waals surface area contributed by atoms with Crippen LogP contribution in [0.1, 0.15) is 32.6 Å². The Morgan fingerprint density at radius 1 is 1.38 bits per heavy atom. The van der Waals surface area contributed by atoms with Gasteiger partial charge in [-0.05, 0) is 12.8 Å². The Bertz CT molecular complexity index is 469. The van der Waals surface area contributed by atoms with E-state index in [1.807, 2.05) is 0 Å². The van der Waals surface area contributed by atoms with Gasteiger partial charge in [-0.15, -0.1) is 0 Å². The van der Waals surface area contributed by atoms with Gasteiger partial charge in [-0.1, -0.05) is 13.5 Å². The number of carbonyl (C=O) groups is 3. The molecule has 0 aliphatic carbocycles. The molecule has 21 heavy (non-hydrogen) atoms. The monoisotopic (exact) mass is 293 g/mol. The topological polar surface area (TPSA) is 69.7 Å². The molecule has 0 spiro atoms. The number of nitrogens with zero attached hydrogens (tertiary/aromatic N) is 2. The number of rotatable bonds is 5. The lowest BCUT2D eigenvalue weighted by molar-refractivity contribution is -0.142. The smallest absolute Gasteiger partial charge is 0.233 e. The van der Waals surface area contributed by atoms with Crippen molar-refractivity contribution in [3.8, 4) is 0 Å². The minimum absolute atomic E-state index is 0.0194. The second-order valence-electron chi connectivity index (χ2n) is 5.79. The van der Waals surface area contributed by atoms with Gasteiger partial charge in [0.25, 0.3) is 0 Å². The van der Waals surface area contributed by atoms with Crippen LogP contribution in [0.4, 0.5) is 0 Å². The van der Waals surface area contributed by atoms with E-state index in [1.165, 1.54) is 4.90 Å². The second kappa shape index (κ2) is 6.28. The number of likely N-dealkylation sites (tertiary alicyclic amines) is 2. The van der Waals surface area contributed by atoms with Gasteiger partial charge < -0.3 is 10.2 Å². The molecule has 6 nitrogen and oxygen atoms in total.